The number of nitrogens with zero attached hydrogens (tertiary/aromatic N) is 1. The van der Waals surface area contributed by atoms with Crippen LogP contribution in [0.5, 0.6) is 5.75 Å². The molecule has 6 nitrogen and oxygen atoms in total. The van der Waals surface area contributed by atoms with Crippen molar-refractivity contribution in [2.45, 2.75) is 17.8 Å². The number of hydrogen-bond acceptors (Lipinski definition) is 5. The van der Waals surface area contributed by atoms with Crippen LogP contribution in [0.15, 0.2) is 54.6 Å². The maximum atomic E-state index is 13.4. The van der Waals surface area contributed by atoms with E-state index in [4.69, 9.17) is 9.47 Å². The lowest BCUT2D eigenvalue weighted by Crippen LogP contribution is -2.48. The van der Waals surface area contributed by atoms with Gasteiger partial charge in [0.05, 0.1) is 7.11 Å². The Bertz CT molecular complexity index is 813. The van der Waals surface area contributed by atoms with Gasteiger partial charge in [-0.1, -0.05) is 30.3 Å². The fourth-order valence-corrected chi connectivity index (χ4v) is 4.69. The summed E-state index contributed by atoms with van der Waals surface area (Å²) < 4.78 is 10.2. The molecule has 154 valence electrons. The van der Waals surface area contributed by atoms with Gasteiger partial charge in [0.25, 0.3) is 5.91 Å². The molecule has 0 saturated carbocycles. The summed E-state index contributed by atoms with van der Waals surface area (Å²) in [4.78, 5) is 27.9. The second kappa shape index (κ2) is 10.3. The lowest BCUT2D eigenvalue weighted by atomic mass is 10.1. The number of amides is 2. The normalized spacial score (nSPS) is 18.5. The highest BCUT2D eigenvalue weighted by Crippen LogP contribution is 2.42. The Balaban J connectivity index is 1.83. The Labute approximate surface area is 175 Å². The van der Waals surface area contributed by atoms with Gasteiger partial charge in [-0.15, -0.1) is 11.8 Å². The zero-order valence-electron chi connectivity index (χ0n) is 16.7. The van der Waals surface area contributed by atoms with Gasteiger partial charge in [-0.25, -0.2) is 0 Å². The maximum Gasteiger partial charge on any atom is 0.255 e. The van der Waals surface area contributed by atoms with E-state index in [1.165, 1.54) is 0 Å². The Morgan fingerprint density at radius 3 is 2.48 bits per heavy atom. The van der Waals surface area contributed by atoms with E-state index in [0.717, 1.165) is 12.0 Å². The van der Waals surface area contributed by atoms with Gasteiger partial charge in [0.1, 0.15) is 17.2 Å². The number of carbonyl (C=O) groups is 2. The highest BCUT2D eigenvalue weighted by atomic mass is 32.2. The minimum atomic E-state index is -0.526. The number of carbonyl (C=O) groups excluding carboxylic acids is 2. The lowest BCUT2D eigenvalue weighted by Gasteiger charge is -2.29. The first kappa shape index (κ1) is 21.2. The van der Waals surface area contributed by atoms with Crippen molar-refractivity contribution in [1.29, 1.82) is 0 Å². The van der Waals surface area contributed by atoms with Crippen molar-refractivity contribution in [2.75, 3.05) is 33.1 Å². The van der Waals surface area contributed by atoms with Crippen molar-refractivity contribution >= 4 is 23.6 Å². The van der Waals surface area contributed by atoms with E-state index in [1.54, 1.807) is 55.1 Å². The Hall–Kier alpha value is -2.51. The van der Waals surface area contributed by atoms with Gasteiger partial charge in [-0.3, -0.25) is 9.59 Å². The predicted molar refractivity (Wildman–Crippen MR) is 114 cm³/mol. The second-order valence-electron chi connectivity index (χ2n) is 6.69. The molecule has 1 saturated heterocycles. The van der Waals surface area contributed by atoms with E-state index in [9.17, 15) is 9.59 Å². The van der Waals surface area contributed by atoms with Gasteiger partial charge in [-0.2, -0.15) is 0 Å². The molecule has 0 bridgehead atoms. The number of nitrogens with one attached hydrogen (secondary N) is 1. The molecule has 1 aliphatic rings. The van der Waals surface area contributed by atoms with E-state index in [-0.39, 0.29) is 17.2 Å². The number of methoxy groups -OCH3 is 2. The van der Waals surface area contributed by atoms with Crippen LogP contribution in [0.3, 0.4) is 0 Å². The standard InChI is InChI=1S/C22H26N2O4S/c1-27-14-6-13-23-20(25)19-15-29-22(17-7-4-3-5-8-17)24(19)21(26)16-9-11-18(28-2)12-10-16/h3-5,7-12,19,22H,6,13-15H2,1-2H3,(H,23,25)/t19-,22+/m0/s1. The molecule has 3 rings (SSSR count). The second-order valence-corrected chi connectivity index (χ2v) is 7.80. The van der Waals surface area contributed by atoms with Crippen molar-refractivity contribution in [3.8, 4) is 5.75 Å². The van der Waals surface area contributed by atoms with Gasteiger partial charge in [-0.05, 0) is 36.2 Å². The molecular formula is C22H26N2O4S. The number of ether oxygens (including phenoxy) is 2. The average Bonchev–Trinajstić information content (AvgIpc) is 3.22. The fourth-order valence-electron chi connectivity index (χ4n) is 3.26. The van der Waals surface area contributed by atoms with E-state index < -0.39 is 6.04 Å². The molecule has 0 radical (unpaired) electrons. The monoisotopic (exact) mass is 414 g/mol. The molecule has 0 aromatic heterocycles. The summed E-state index contributed by atoms with van der Waals surface area (Å²) in [6.45, 7) is 1.11. The molecule has 0 aliphatic carbocycles. The Kier molecular flexibility index (Phi) is 7.55. The smallest absolute Gasteiger partial charge is 0.255 e. The molecule has 1 N–H and O–H groups in total. The molecule has 0 unspecified atom stereocenters. The summed E-state index contributed by atoms with van der Waals surface area (Å²) in [5.74, 6) is 0.944. The molecule has 29 heavy (non-hydrogen) atoms. The fraction of sp³-hybridized carbons (Fsp3) is 0.364. The van der Waals surface area contributed by atoms with Crippen LogP contribution >= 0.6 is 11.8 Å². The molecule has 1 aliphatic heterocycles. The highest BCUT2D eigenvalue weighted by molar-refractivity contribution is 7.99. The van der Waals surface area contributed by atoms with Crippen molar-refractivity contribution in [1.82, 2.24) is 10.2 Å². The maximum absolute atomic E-state index is 13.4. The van der Waals surface area contributed by atoms with E-state index in [1.807, 2.05) is 30.3 Å². The molecule has 1 fully saturated rings. The first-order valence-electron chi connectivity index (χ1n) is 9.55. The minimum Gasteiger partial charge on any atom is -0.497 e. The van der Waals surface area contributed by atoms with Crippen LogP contribution in [-0.4, -0.2) is 55.9 Å². The number of hydrogen-bond donors (Lipinski definition) is 1. The molecule has 1 heterocycles. The van der Waals surface area contributed by atoms with Crippen molar-refractivity contribution in [2.24, 2.45) is 0 Å². The summed E-state index contributed by atoms with van der Waals surface area (Å²) in [6, 6.07) is 16.3. The third kappa shape index (κ3) is 5.10. The molecule has 0 spiro atoms. The third-order valence-electron chi connectivity index (χ3n) is 4.78. The molecule has 2 aromatic carbocycles. The van der Waals surface area contributed by atoms with E-state index in [0.29, 0.717) is 30.2 Å². The third-order valence-corrected chi connectivity index (χ3v) is 6.11. The van der Waals surface area contributed by atoms with Gasteiger partial charge >= 0.3 is 0 Å². The lowest BCUT2D eigenvalue weighted by molar-refractivity contribution is -0.124. The van der Waals surface area contributed by atoms with Crippen molar-refractivity contribution in [3.05, 3.63) is 65.7 Å². The summed E-state index contributed by atoms with van der Waals surface area (Å²) in [7, 11) is 3.22. The Morgan fingerprint density at radius 2 is 1.83 bits per heavy atom. The summed E-state index contributed by atoms with van der Waals surface area (Å²) in [5.41, 5.74) is 1.54. The zero-order chi connectivity index (χ0) is 20.6. The number of thioether (sulfide) groups is 1. The highest BCUT2D eigenvalue weighted by Gasteiger charge is 2.42. The average molecular weight is 415 g/mol. The molecule has 2 aromatic rings. The topological polar surface area (TPSA) is 67.9 Å². The molecular weight excluding hydrogens is 388 g/mol. The van der Waals surface area contributed by atoms with Crippen LogP contribution in [0.2, 0.25) is 0 Å². The van der Waals surface area contributed by atoms with Crippen LogP contribution < -0.4 is 10.1 Å². The van der Waals surface area contributed by atoms with Crippen LogP contribution in [0.4, 0.5) is 0 Å². The van der Waals surface area contributed by atoms with Gasteiger partial charge < -0.3 is 19.7 Å². The summed E-state index contributed by atoms with van der Waals surface area (Å²) >= 11 is 1.61. The molecule has 7 heteroatoms. The summed E-state index contributed by atoms with van der Waals surface area (Å²) in [6.07, 6.45) is 0.733. The van der Waals surface area contributed by atoms with Gasteiger partial charge in [0.15, 0.2) is 0 Å². The van der Waals surface area contributed by atoms with Crippen LogP contribution in [-0.2, 0) is 9.53 Å². The number of benzene rings is 2. The Morgan fingerprint density at radius 1 is 1.10 bits per heavy atom. The number of rotatable bonds is 8. The first-order valence-corrected chi connectivity index (χ1v) is 10.6. The van der Waals surface area contributed by atoms with E-state index in [2.05, 4.69) is 5.32 Å². The SMILES string of the molecule is COCCCNC(=O)[C@@H]1CS[C@H](c2ccccc2)N1C(=O)c1ccc(OC)cc1. The van der Waals surface area contributed by atoms with Crippen molar-refractivity contribution < 1.29 is 19.1 Å². The largest absolute Gasteiger partial charge is 0.497 e. The van der Waals surface area contributed by atoms with Gasteiger partial charge in [0.2, 0.25) is 5.91 Å². The van der Waals surface area contributed by atoms with Gasteiger partial charge in [0, 0.05) is 31.6 Å². The molecule has 2 amide bonds. The van der Waals surface area contributed by atoms with Crippen LogP contribution in [0, 0.1) is 0 Å². The quantitative estimate of drug-likeness (QED) is 0.673. The van der Waals surface area contributed by atoms with Crippen molar-refractivity contribution in [3.63, 3.8) is 0 Å². The van der Waals surface area contributed by atoms with Crippen LogP contribution in [0.25, 0.3) is 0 Å². The first-order chi connectivity index (χ1) is 14.2. The van der Waals surface area contributed by atoms with Crippen LogP contribution in [0.1, 0.15) is 27.7 Å². The predicted octanol–water partition coefficient (Wildman–Crippen LogP) is 3.10. The van der Waals surface area contributed by atoms with E-state index >= 15 is 0 Å². The zero-order valence-corrected chi connectivity index (χ0v) is 17.5. The molecule has 2 atom stereocenters. The minimum absolute atomic E-state index is 0.131. The summed E-state index contributed by atoms with van der Waals surface area (Å²) in [5, 5.41) is 2.73.